The second kappa shape index (κ2) is 9.80. The van der Waals surface area contributed by atoms with Crippen LogP contribution in [-0.4, -0.2) is 55.8 Å². The van der Waals surface area contributed by atoms with Gasteiger partial charge in [0.25, 0.3) is 0 Å². The third-order valence-electron chi connectivity index (χ3n) is 4.10. The lowest BCUT2D eigenvalue weighted by atomic mass is 9.94. The third kappa shape index (κ3) is 8.04. The molecule has 2 rings (SSSR count). The van der Waals surface area contributed by atoms with E-state index in [9.17, 15) is 18.3 Å². The zero-order valence-corrected chi connectivity index (χ0v) is 15.3. The highest BCUT2D eigenvalue weighted by Crippen LogP contribution is 2.20. The Hall–Kier alpha value is -2.00. The van der Waals surface area contributed by atoms with E-state index in [-0.39, 0.29) is 5.75 Å². The summed E-state index contributed by atoms with van der Waals surface area (Å²) in [6.07, 6.45) is -3.22. The van der Waals surface area contributed by atoms with Crippen molar-refractivity contribution in [3.63, 3.8) is 0 Å². The first-order valence-electron chi connectivity index (χ1n) is 8.90. The van der Waals surface area contributed by atoms with Gasteiger partial charge in [-0.3, -0.25) is 0 Å². The molecule has 0 amide bonds. The van der Waals surface area contributed by atoms with Crippen LogP contribution in [0.5, 0.6) is 5.75 Å². The number of ether oxygens (including phenoxy) is 2. The van der Waals surface area contributed by atoms with Crippen LogP contribution in [0.1, 0.15) is 25.3 Å². The molecule has 0 spiro atoms. The molecule has 27 heavy (non-hydrogen) atoms. The van der Waals surface area contributed by atoms with Crippen LogP contribution >= 0.6 is 0 Å². The summed E-state index contributed by atoms with van der Waals surface area (Å²) < 4.78 is 46.4. The number of rotatable bonds is 7. The van der Waals surface area contributed by atoms with E-state index in [1.807, 2.05) is 6.92 Å². The Labute approximate surface area is 156 Å². The average Bonchev–Trinajstić information content (AvgIpc) is 2.63. The van der Waals surface area contributed by atoms with Crippen molar-refractivity contribution in [1.29, 1.82) is 0 Å². The average molecular weight is 389 g/mol. The molecule has 0 unspecified atom stereocenters. The van der Waals surface area contributed by atoms with Gasteiger partial charge in [0, 0.05) is 39.1 Å². The van der Waals surface area contributed by atoms with Crippen molar-refractivity contribution >= 4 is 5.96 Å². The molecule has 1 aromatic carbocycles. The van der Waals surface area contributed by atoms with Gasteiger partial charge in [-0.2, -0.15) is 13.2 Å². The number of guanidine groups is 1. The van der Waals surface area contributed by atoms with Gasteiger partial charge in [-0.1, -0.05) is 12.1 Å². The first kappa shape index (κ1) is 21.3. The van der Waals surface area contributed by atoms with Crippen LogP contribution in [0, 0.1) is 0 Å². The van der Waals surface area contributed by atoms with Gasteiger partial charge < -0.3 is 25.2 Å². The van der Waals surface area contributed by atoms with Crippen molar-refractivity contribution in [2.45, 2.75) is 38.1 Å². The minimum atomic E-state index is -4.36. The van der Waals surface area contributed by atoms with Crippen LogP contribution in [0.3, 0.4) is 0 Å². The van der Waals surface area contributed by atoms with E-state index >= 15 is 0 Å². The Morgan fingerprint density at radius 2 is 1.89 bits per heavy atom. The van der Waals surface area contributed by atoms with Crippen molar-refractivity contribution in [2.75, 3.05) is 32.9 Å². The smallest absolute Gasteiger partial charge is 0.422 e. The molecular formula is C18H26F3N3O3. The monoisotopic (exact) mass is 389 g/mol. The van der Waals surface area contributed by atoms with Crippen molar-refractivity contribution in [3.05, 3.63) is 29.8 Å². The van der Waals surface area contributed by atoms with Gasteiger partial charge in [0.15, 0.2) is 12.6 Å². The van der Waals surface area contributed by atoms with Crippen molar-refractivity contribution in [2.24, 2.45) is 4.99 Å². The molecule has 0 aliphatic carbocycles. The quantitative estimate of drug-likeness (QED) is 0.493. The van der Waals surface area contributed by atoms with Crippen LogP contribution in [0.25, 0.3) is 0 Å². The molecular weight excluding hydrogens is 363 g/mol. The van der Waals surface area contributed by atoms with Gasteiger partial charge in [-0.25, -0.2) is 4.99 Å². The number of halogens is 3. The summed E-state index contributed by atoms with van der Waals surface area (Å²) in [6.45, 7) is 3.07. The number of nitrogens with one attached hydrogen (secondary N) is 2. The minimum Gasteiger partial charge on any atom is -0.484 e. The minimum absolute atomic E-state index is 0.159. The Kier molecular flexibility index (Phi) is 7.73. The standard InChI is InChI=1S/C18H26F3N3O3/c1-2-22-16(24-12-17(25)7-9-26-10-8-17)23-11-14-3-5-15(6-4-14)27-13-18(19,20)21/h3-6,25H,2,7-13H2,1H3,(H2,22,23,24). The fourth-order valence-electron chi connectivity index (χ4n) is 2.54. The van der Waals surface area contributed by atoms with E-state index in [1.165, 1.54) is 12.1 Å². The summed E-state index contributed by atoms with van der Waals surface area (Å²) in [6, 6.07) is 6.32. The van der Waals surface area contributed by atoms with E-state index < -0.39 is 18.4 Å². The molecule has 1 aliphatic heterocycles. The number of aliphatic hydroxyl groups is 1. The van der Waals surface area contributed by atoms with Crippen LogP contribution in [-0.2, 0) is 11.3 Å². The van der Waals surface area contributed by atoms with Gasteiger partial charge in [0.2, 0.25) is 0 Å². The van der Waals surface area contributed by atoms with E-state index in [0.29, 0.717) is 51.6 Å². The number of aliphatic imine (C=N–C) groups is 1. The van der Waals surface area contributed by atoms with E-state index in [0.717, 1.165) is 5.56 Å². The molecule has 6 nitrogen and oxygen atoms in total. The summed E-state index contributed by atoms with van der Waals surface area (Å²) in [5.41, 5.74) is 0.0164. The molecule has 0 aromatic heterocycles. The first-order chi connectivity index (χ1) is 12.8. The Balaban J connectivity index is 1.87. The van der Waals surface area contributed by atoms with Crippen molar-refractivity contribution in [3.8, 4) is 5.75 Å². The predicted octanol–water partition coefficient (Wildman–Crippen LogP) is 2.22. The Morgan fingerprint density at radius 1 is 1.22 bits per heavy atom. The zero-order valence-electron chi connectivity index (χ0n) is 15.3. The lowest BCUT2D eigenvalue weighted by molar-refractivity contribution is -0.153. The van der Waals surface area contributed by atoms with E-state index in [1.54, 1.807) is 12.1 Å². The van der Waals surface area contributed by atoms with E-state index in [4.69, 9.17) is 4.74 Å². The zero-order chi connectivity index (χ0) is 19.8. The molecule has 1 fully saturated rings. The van der Waals surface area contributed by atoms with E-state index in [2.05, 4.69) is 20.4 Å². The number of alkyl halides is 3. The normalized spacial score (nSPS) is 17.4. The molecule has 0 saturated carbocycles. The molecule has 0 atom stereocenters. The number of benzene rings is 1. The lowest BCUT2D eigenvalue weighted by Gasteiger charge is -2.32. The second-order valence-corrected chi connectivity index (χ2v) is 6.43. The molecule has 3 N–H and O–H groups in total. The Bertz CT molecular complexity index is 600. The maximum atomic E-state index is 12.2. The highest BCUT2D eigenvalue weighted by molar-refractivity contribution is 5.79. The lowest BCUT2D eigenvalue weighted by Crippen LogP contribution is -2.49. The predicted molar refractivity (Wildman–Crippen MR) is 95.8 cm³/mol. The first-order valence-corrected chi connectivity index (χ1v) is 8.90. The highest BCUT2D eigenvalue weighted by atomic mass is 19.4. The molecule has 1 aliphatic rings. The van der Waals surface area contributed by atoms with Crippen LogP contribution in [0.4, 0.5) is 13.2 Å². The summed E-state index contributed by atoms with van der Waals surface area (Å²) in [5, 5.41) is 16.7. The molecule has 1 saturated heterocycles. The topological polar surface area (TPSA) is 75.1 Å². The van der Waals surface area contributed by atoms with Crippen molar-refractivity contribution < 1.29 is 27.8 Å². The van der Waals surface area contributed by atoms with Crippen LogP contribution < -0.4 is 15.4 Å². The maximum Gasteiger partial charge on any atom is 0.422 e. The van der Waals surface area contributed by atoms with Gasteiger partial charge in [0.05, 0.1) is 12.1 Å². The fourth-order valence-corrected chi connectivity index (χ4v) is 2.54. The molecule has 0 radical (unpaired) electrons. The summed E-state index contributed by atoms with van der Waals surface area (Å²) >= 11 is 0. The van der Waals surface area contributed by atoms with Crippen LogP contribution in [0.15, 0.2) is 29.3 Å². The van der Waals surface area contributed by atoms with Crippen molar-refractivity contribution in [1.82, 2.24) is 10.6 Å². The molecule has 152 valence electrons. The van der Waals surface area contributed by atoms with Gasteiger partial charge in [0.1, 0.15) is 5.75 Å². The summed E-state index contributed by atoms with van der Waals surface area (Å²) in [5.74, 6) is 0.724. The SMILES string of the molecule is CCNC(=NCc1ccc(OCC(F)(F)F)cc1)NCC1(O)CCOCC1. The van der Waals surface area contributed by atoms with Crippen LogP contribution in [0.2, 0.25) is 0 Å². The number of hydrogen-bond acceptors (Lipinski definition) is 4. The number of nitrogens with zero attached hydrogens (tertiary/aromatic N) is 1. The fraction of sp³-hybridized carbons (Fsp3) is 0.611. The molecule has 9 heteroatoms. The van der Waals surface area contributed by atoms with Gasteiger partial charge >= 0.3 is 6.18 Å². The highest BCUT2D eigenvalue weighted by Gasteiger charge is 2.30. The maximum absolute atomic E-state index is 12.2. The molecule has 1 aromatic rings. The number of hydrogen-bond donors (Lipinski definition) is 3. The third-order valence-corrected chi connectivity index (χ3v) is 4.10. The summed E-state index contributed by atoms with van der Waals surface area (Å²) in [7, 11) is 0. The van der Waals surface area contributed by atoms with Gasteiger partial charge in [-0.15, -0.1) is 0 Å². The molecule has 1 heterocycles. The van der Waals surface area contributed by atoms with Gasteiger partial charge in [-0.05, 0) is 24.6 Å². The second-order valence-electron chi connectivity index (χ2n) is 6.43. The Morgan fingerprint density at radius 3 is 2.48 bits per heavy atom. The summed E-state index contributed by atoms with van der Waals surface area (Å²) in [4.78, 5) is 4.45. The molecule has 0 bridgehead atoms. The largest absolute Gasteiger partial charge is 0.484 e.